The van der Waals surface area contributed by atoms with Gasteiger partial charge in [-0.3, -0.25) is 4.79 Å². The van der Waals surface area contributed by atoms with Gasteiger partial charge >= 0.3 is 0 Å². The van der Waals surface area contributed by atoms with Crippen molar-refractivity contribution in [2.75, 3.05) is 13.1 Å². The summed E-state index contributed by atoms with van der Waals surface area (Å²) in [6, 6.07) is 4.31. The van der Waals surface area contributed by atoms with Crippen LogP contribution >= 0.6 is 11.3 Å². The van der Waals surface area contributed by atoms with Crippen LogP contribution in [-0.4, -0.2) is 19.0 Å². The fourth-order valence-corrected chi connectivity index (χ4v) is 3.58. The highest BCUT2D eigenvalue weighted by Gasteiger charge is 2.22. The van der Waals surface area contributed by atoms with Gasteiger partial charge in [0.15, 0.2) is 0 Å². The van der Waals surface area contributed by atoms with Crippen molar-refractivity contribution in [3.8, 4) is 0 Å². The molecule has 2 heterocycles. The zero-order valence-corrected chi connectivity index (χ0v) is 12.6. The van der Waals surface area contributed by atoms with Crippen molar-refractivity contribution in [1.82, 2.24) is 10.6 Å². The lowest BCUT2D eigenvalue weighted by atomic mass is 9.95. The third-order valence-corrected chi connectivity index (χ3v) is 4.66. The highest BCUT2D eigenvalue weighted by molar-refractivity contribution is 7.10. The standard InChI is InChI=1S/C15H24N2OS/c1-11(2)15(13-6-4-8-19-13)17-14(18)9-12-5-3-7-16-10-12/h4,6,8,11-12,15-16H,3,5,7,9-10H2,1-2H3,(H,17,18). The van der Waals surface area contributed by atoms with Crippen molar-refractivity contribution < 1.29 is 4.79 Å². The minimum Gasteiger partial charge on any atom is -0.348 e. The molecule has 0 aliphatic carbocycles. The Balaban J connectivity index is 1.88. The molecule has 0 bridgehead atoms. The van der Waals surface area contributed by atoms with Crippen LogP contribution in [0, 0.1) is 11.8 Å². The van der Waals surface area contributed by atoms with Crippen molar-refractivity contribution >= 4 is 17.2 Å². The van der Waals surface area contributed by atoms with E-state index in [-0.39, 0.29) is 11.9 Å². The number of hydrogen-bond donors (Lipinski definition) is 2. The van der Waals surface area contributed by atoms with Gasteiger partial charge < -0.3 is 10.6 Å². The van der Waals surface area contributed by atoms with Crippen LogP contribution in [0.1, 0.15) is 44.0 Å². The molecule has 1 aliphatic rings. The molecule has 2 rings (SSSR count). The van der Waals surface area contributed by atoms with Crippen LogP contribution in [0.4, 0.5) is 0 Å². The van der Waals surface area contributed by atoms with E-state index in [2.05, 4.69) is 35.9 Å². The highest BCUT2D eigenvalue weighted by atomic mass is 32.1. The molecule has 2 N–H and O–H groups in total. The molecule has 4 heteroatoms. The van der Waals surface area contributed by atoms with Crippen LogP contribution in [0.2, 0.25) is 0 Å². The normalized spacial score (nSPS) is 21.3. The second-order valence-electron chi connectivity index (χ2n) is 5.72. The van der Waals surface area contributed by atoms with Gasteiger partial charge in [-0.25, -0.2) is 0 Å². The van der Waals surface area contributed by atoms with Crippen molar-refractivity contribution in [2.45, 2.75) is 39.2 Å². The maximum Gasteiger partial charge on any atom is 0.220 e. The van der Waals surface area contributed by atoms with E-state index in [1.807, 2.05) is 6.07 Å². The quantitative estimate of drug-likeness (QED) is 0.870. The number of amides is 1. The number of rotatable bonds is 5. The number of thiophene rings is 1. The number of nitrogens with one attached hydrogen (secondary N) is 2. The van der Waals surface area contributed by atoms with Gasteiger partial charge in [0, 0.05) is 11.3 Å². The van der Waals surface area contributed by atoms with Crippen LogP contribution in [-0.2, 0) is 4.79 Å². The Morgan fingerprint density at radius 2 is 2.42 bits per heavy atom. The van der Waals surface area contributed by atoms with Gasteiger partial charge in [0.1, 0.15) is 0 Å². The molecular formula is C15H24N2OS. The minimum atomic E-state index is 0.157. The van der Waals surface area contributed by atoms with E-state index in [1.165, 1.54) is 17.7 Å². The Morgan fingerprint density at radius 1 is 1.58 bits per heavy atom. The first-order valence-corrected chi connectivity index (χ1v) is 8.08. The zero-order valence-electron chi connectivity index (χ0n) is 11.8. The lowest BCUT2D eigenvalue weighted by Gasteiger charge is -2.25. The monoisotopic (exact) mass is 280 g/mol. The molecule has 1 amide bonds. The molecule has 3 nitrogen and oxygen atoms in total. The fraction of sp³-hybridized carbons (Fsp3) is 0.667. The molecule has 0 spiro atoms. The SMILES string of the molecule is CC(C)C(NC(=O)CC1CCCNC1)c1cccs1. The van der Waals surface area contributed by atoms with Crippen LogP contribution in [0.15, 0.2) is 17.5 Å². The largest absolute Gasteiger partial charge is 0.348 e. The van der Waals surface area contributed by atoms with Crippen LogP contribution in [0.5, 0.6) is 0 Å². The molecule has 0 saturated carbocycles. The molecule has 0 aromatic carbocycles. The van der Waals surface area contributed by atoms with Crippen LogP contribution in [0.25, 0.3) is 0 Å². The average Bonchev–Trinajstić information content (AvgIpc) is 2.90. The van der Waals surface area contributed by atoms with E-state index in [0.717, 1.165) is 13.1 Å². The minimum absolute atomic E-state index is 0.157. The summed E-state index contributed by atoms with van der Waals surface area (Å²) < 4.78 is 0. The molecule has 1 aromatic rings. The number of hydrogen-bond acceptors (Lipinski definition) is 3. The molecule has 1 fully saturated rings. The molecular weight excluding hydrogens is 256 g/mol. The lowest BCUT2D eigenvalue weighted by molar-refractivity contribution is -0.123. The van der Waals surface area contributed by atoms with Gasteiger partial charge in [0.05, 0.1) is 6.04 Å². The number of carbonyl (C=O) groups excluding carboxylic acids is 1. The molecule has 19 heavy (non-hydrogen) atoms. The zero-order chi connectivity index (χ0) is 13.7. The average molecular weight is 280 g/mol. The first kappa shape index (κ1) is 14.5. The molecule has 1 aliphatic heterocycles. The first-order chi connectivity index (χ1) is 9.16. The van der Waals surface area contributed by atoms with E-state index in [1.54, 1.807) is 11.3 Å². The first-order valence-electron chi connectivity index (χ1n) is 7.20. The highest BCUT2D eigenvalue weighted by Crippen LogP contribution is 2.26. The van der Waals surface area contributed by atoms with E-state index in [9.17, 15) is 4.79 Å². The third-order valence-electron chi connectivity index (χ3n) is 3.71. The van der Waals surface area contributed by atoms with Crippen molar-refractivity contribution in [1.29, 1.82) is 0 Å². The van der Waals surface area contributed by atoms with Gasteiger partial charge in [-0.15, -0.1) is 11.3 Å². The van der Waals surface area contributed by atoms with Crippen LogP contribution in [0.3, 0.4) is 0 Å². The van der Waals surface area contributed by atoms with E-state index >= 15 is 0 Å². The Kier molecular flexibility index (Phi) is 5.40. The van der Waals surface area contributed by atoms with Crippen molar-refractivity contribution in [3.05, 3.63) is 22.4 Å². The van der Waals surface area contributed by atoms with Crippen molar-refractivity contribution in [2.24, 2.45) is 11.8 Å². The van der Waals surface area contributed by atoms with Gasteiger partial charge in [0.25, 0.3) is 0 Å². The summed E-state index contributed by atoms with van der Waals surface area (Å²) in [7, 11) is 0. The smallest absolute Gasteiger partial charge is 0.220 e. The van der Waals surface area contributed by atoms with Crippen molar-refractivity contribution in [3.63, 3.8) is 0 Å². The van der Waals surface area contributed by atoms with E-state index in [0.29, 0.717) is 18.3 Å². The Hall–Kier alpha value is -0.870. The molecule has 1 saturated heterocycles. The van der Waals surface area contributed by atoms with Gasteiger partial charge in [-0.1, -0.05) is 19.9 Å². The summed E-state index contributed by atoms with van der Waals surface area (Å²) in [4.78, 5) is 13.4. The maximum atomic E-state index is 12.2. The lowest BCUT2D eigenvalue weighted by Crippen LogP contribution is -2.36. The van der Waals surface area contributed by atoms with E-state index < -0.39 is 0 Å². The number of piperidine rings is 1. The summed E-state index contributed by atoms with van der Waals surface area (Å²) in [6.07, 6.45) is 3.02. The van der Waals surface area contributed by atoms with Gasteiger partial charge in [-0.05, 0) is 49.2 Å². The Bertz CT molecular complexity index is 383. The predicted molar refractivity (Wildman–Crippen MR) is 80.3 cm³/mol. The van der Waals surface area contributed by atoms with E-state index in [4.69, 9.17) is 0 Å². The molecule has 0 radical (unpaired) electrons. The van der Waals surface area contributed by atoms with Gasteiger partial charge in [-0.2, -0.15) is 0 Å². The Labute approximate surface area is 119 Å². The molecule has 2 unspecified atom stereocenters. The van der Waals surface area contributed by atoms with Crippen LogP contribution < -0.4 is 10.6 Å². The summed E-state index contributed by atoms with van der Waals surface area (Å²) in [5.41, 5.74) is 0. The molecule has 106 valence electrons. The second kappa shape index (κ2) is 7.06. The predicted octanol–water partition coefficient (Wildman–Crippen LogP) is 2.95. The molecule has 2 atom stereocenters. The van der Waals surface area contributed by atoms with Gasteiger partial charge in [0.2, 0.25) is 5.91 Å². The Morgan fingerprint density at radius 3 is 3.00 bits per heavy atom. The second-order valence-corrected chi connectivity index (χ2v) is 6.70. The topological polar surface area (TPSA) is 41.1 Å². The summed E-state index contributed by atoms with van der Waals surface area (Å²) in [5, 5.41) is 8.65. The summed E-state index contributed by atoms with van der Waals surface area (Å²) in [5.74, 6) is 1.12. The fourth-order valence-electron chi connectivity index (χ4n) is 2.63. The maximum absolute atomic E-state index is 12.2. The summed E-state index contributed by atoms with van der Waals surface area (Å²) >= 11 is 1.72. The summed E-state index contributed by atoms with van der Waals surface area (Å²) in [6.45, 7) is 6.40. The third kappa shape index (κ3) is 4.32. The number of carbonyl (C=O) groups is 1. The molecule has 1 aromatic heterocycles.